The van der Waals surface area contributed by atoms with Gasteiger partial charge in [-0.1, -0.05) is 26.0 Å². The van der Waals surface area contributed by atoms with Crippen molar-refractivity contribution in [1.82, 2.24) is 9.47 Å². The number of carbonyl (C=O) groups excluding carboxylic acids is 1. The van der Waals surface area contributed by atoms with E-state index < -0.39 is 0 Å². The van der Waals surface area contributed by atoms with Crippen LogP contribution in [0.5, 0.6) is 5.75 Å². The molecule has 1 unspecified atom stereocenters. The van der Waals surface area contributed by atoms with E-state index in [1.807, 2.05) is 47.6 Å². The number of para-hydroxylation sites is 2. The number of hydrogen-bond donors (Lipinski definition) is 0. The standard InChI is InChI=1S/C21H29N3O2/c1-17(2)16-19(22-10-6-7-11-22)21(25)24-14-12-23(13-15-24)18-8-4-5-9-20(18)26-3/h4-11,17,19H,12-16H2,1-3H3. The van der Waals surface area contributed by atoms with Crippen molar-refractivity contribution in [3.63, 3.8) is 0 Å². The van der Waals surface area contributed by atoms with E-state index in [9.17, 15) is 4.79 Å². The number of aromatic nitrogens is 1. The van der Waals surface area contributed by atoms with Gasteiger partial charge in [0.2, 0.25) is 5.91 Å². The van der Waals surface area contributed by atoms with Gasteiger partial charge >= 0.3 is 0 Å². The molecule has 1 aromatic heterocycles. The molecule has 0 spiro atoms. The van der Waals surface area contributed by atoms with Gasteiger partial charge in [-0.25, -0.2) is 0 Å². The highest BCUT2D eigenvalue weighted by atomic mass is 16.5. The smallest absolute Gasteiger partial charge is 0.245 e. The van der Waals surface area contributed by atoms with E-state index in [1.165, 1.54) is 0 Å². The molecule has 0 saturated carbocycles. The average Bonchev–Trinajstić information content (AvgIpc) is 3.20. The van der Waals surface area contributed by atoms with Crippen LogP contribution in [-0.2, 0) is 4.79 Å². The third-order valence-electron chi connectivity index (χ3n) is 4.98. The van der Waals surface area contributed by atoms with E-state index in [0.29, 0.717) is 5.92 Å². The van der Waals surface area contributed by atoms with Gasteiger partial charge in [0.25, 0.3) is 0 Å². The summed E-state index contributed by atoms with van der Waals surface area (Å²) in [4.78, 5) is 17.5. The van der Waals surface area contributed by atoms with Crippen LogP contribution < -0.4 is 9.64 Å². The van der Waals surface area contributed by atoms with Crippen LogP contribution in [0.3, 0.4) is 0 Å². The molecule has 1 saturated heterocycles. The number of benzene rings is 1. The Morgan fingerprint density at radius 1 is 1.04 bits per heavy atom. The number of methoxy groups -OCH3 is 1. The van der Waals surface area contributed by atoms with E-state index in [4.69, 9.17) is 4.74 Å². The molecular weight excluding hydrogens is 326 g/mol. The average molecular weight is 355 g/mol. The fourth-order valence-corrected chi connectivity index (χ4v) is 3.62. The molecule has 0 bridgehead atoms. The third kappa shape index (κ3) is 4.03. The molecular formula is C21H29N3O2. The van der Waals surface area contributed by atoms with Crippen LogP contribution in [0.1, 0.15) is 26.3 Å². The van der Waals surface area contributed by atoms with Crippen LogP contribution in [0.4, 0.5) is 5.69 Å². The fraction of sp³-hybridized carbons (Fsp3) is 0.476. The Kier molecular flexibility index (Phi) is 5.86. The fourth-order valence-electron chi connectivity index (χ4n) is 3.62. The minimum absolute atomic E-state index is 0.109. The third-order valence-corrected chi connectivity index (χ3v) is 4.98. The van der Waals surface area contributed by atoms with Gasteiger partial charge in [0.1, 0.15) is 11.8 Å². The zero-order chi connectivity index (χ0) is 18.5. The Bertz CT molecular complexity index is 704. The molecule has 1 aliphatic heterocycles. The molecule has 1 atom stereocenters. The van der Waals surface area contributed by atoms with Crippen LogP contribution in [-0.4, -0.2) is 48.7 Å². The summed E-state index contributed by atoms with van der Waals surface area (Å²) in [7, 11) is 1.70. The molecule has 1 aromatic carbocycles. The van der Waals surface area contributed by atoms with E-state index >= 15 is 0 Å². The highest BCUT2D eigenvalue weighted by Gasteiger charge is 2.29. The lowest BCUT2D eigenvalue weighted by atomic mass is 10.0. The predicted octanol–water partition coefficient (Wildman–Crippen LogP) is 3.43. The summed E-state index contributed by atoms with van der Waals surface area (Å²) >= 11 is 0. The number of amides is 1. The topological polar surface area (TPSA) is 37.7 Å². The Labute approximate surface area is 156 Å². The molecule has 0 N–H and O–H groups in total. The summed E-state index contributed by atoms with van der Waals surface area (Å²) in [6, 6.07) is 11.9. The number of anilines is 1. The second-order valence-corrected chi connectivity index (χ2v) is 7.26. The van der Waals surface area contributed by atoms with Crippen LogP contribution in [0.15, 0.2) is 48.8 Å². The molecule has 26 heavy (non-hydrogen) atoms. The van der Waals surface area contributed by atoms with Crippen molar-refractivity contribution in [1.29, 1.82) is 0 Å². The van der Waals surface area contributed by atoms with Gasteiger partial charge in [-0.3, -0.25) is 4.79 Å². The number of piperazine rings is 1. The maximum Gasteiger partial charge on any atom is 0.245 e. The normalized spacial score (nSPS) is 16.0. The first-order valence-corrected chi connectivity index (χ1v) is 9.39. The molecule has 0 aliphatic carbocycles. The Morgan fingerprint density at radius 2 is 1.69 bits per heavy atom. The van der Waals surface area contributed by atoms with E-state index in [2.05, 4.69) is 29.4 Å². The van der Waals surface area contributed by atoms with Crippen molar-refractivity contribution >= 4 is 11.6 Å². The van der Waals surface area contributed by atoms with Crippen molar-refractivity contribution in [2.75, 3.05) is 38.2 Å². The van der Waals surface area contributed by atoms with E-state index in [0.717, 1.165) is 44.0 Å². The molecule has 5 nitrogen and oxygen atoms in total. The van der Waals surface area contributed by atoms with Gasteiger partial charge in [-0.2, -0.15) is 0 Å². The Balaban J connectivity index is 1.67. The number of rotatable bonds is 6. The minimum Gasteiger partial charge on any atom is -0.495 e. The van der Waals surface area contributed by atoms with Gasteiger partial charge in [-0.15, -0.1) is 0 Å². The van der Waals surface area contributed by atoms with E-state index in [-0.39, 0.29) is 11.9 Å². The Morgan fingerprint density at radius 3 is 2.31 bits per heavy atom. The first-order chi connectivity index (χ1) is 12.6. The zero-order valence-corrected chi connectivity index (χ0v) is 16.0. The summed E-state index contributed by atoms with van der Waals surface area (Å²) in [5.41, 5.74) is 1.10. The first-order valence-electron chi connectivity index (χ1n) is 9.39. The quantitative estimate of drug-likeness (QED) is 0.797. The highest BCUT2D eigenvalue weighted by molar-refractivity contribution is 5.81. The van der Waals surface area contributed by atoms with Crippen molar-refractivity contribution in [3.8, 4) is 5.75 Å². The number of carbonyl (C=O) groups is 1. The zero-order valence-electron chi connectivity index (χ0n) is 16.0. The van der Waals surface area contributed by atoms with Gasteiger partial charge in [0.15, 0.2) is 0 Å². The van der Waals surface area contributed by atoms with Crippen molar-refractivity contribution in [2.24, 2.45) is 5.92 Å². The van der Waals surface area contributed by atoms with E-state index in [1.54, 1.807) is 7.11 Å². The molecule has 140 valence electrons. The molecule has 0 radical (unpaired) electrons. The molecule has 5 heteroatoms. The molecule has 1 fully saturated rings. The summed E-state index contributed by atoms with van der Waals surface area (Å²) < 4.78 is 7.53. The summed E-state index contributed by atoms with van der Waals surface area (Å²) in [6.45, 7) is 7.48. The lowest BCUT2D eigenvalue weighted by molar-refractivity contribution is -0.135. The second kappa shape index (κ2) is 8.30. The number of nitrogens with zero attached hydrogens (tertiary/aromatic N) is 3. The predicted molar refractivity (Wildman–Crippen MR) is 105 cm³/mol. The molecule has 2 heterocycles. The summed E-state index contributed by atoms with van der Waals surface area (Å²) in [5, 5.41) is 0. The molecule has 3 rings (SSSR count). The SMILES string of the molecule is COc1ccccc1N1CCN(C(=O)C(CC(C)C)n2cccc2)CC1. The summed E-state index contributed by atoms with van der Waals surface area (Å²) in [6.07, 6.45) is 4.85. The van der Waals surface area contributed by atoms with Crippen LogP contribution in [0, 0.1) is 5.92 Å². The monoisotopic (exact) mass is 355 g/mol. The van der Waals surface area contributed by atoms with Crippen LogP contribution in [0.2, 0.25) is 0 Å². The van der Waals surface area contributed by atoms with Gasteiger partial charge in [0, 0.05) is 38.6 Å². The van der Waals surface area contributed by atoms with Crippen molar-refractivity contribution in [2.45, 2.75) is 26.3 Å². The van der Waals surface area contributed by atoms with Crippen LogP contribution >= 0.6 is 0 Å². The van der Waals surface area contributed by atoms with Gasteiger partial charge < -0.3 is 19.1 Å². The first kappa shape index (κ1) is 18.4. The second-order valence-electron chi connectivity index (χ2n) is 7.26. The largest absolute Gasteiger partial charge is 0.495 e. The summed E-state index contributed by atoms with van der Waals surface area (Å²) in [5.74, 6) is 1.59. The van der Waals surface area contributed by atoms with Crippen molar-refractivity contribution < 1.29 is 9.53 Å². The number of hydrogen-bond acceptors (Lipinski definition) is 3. The van der Waals surface area contributed by atoms with Crippen LogP contribution in [0.25, 0.3) is 0 Å². The maximum absolute atomic E-state index is 13.2. The molecule has 1 aliphatic rings. The highest BCUT2D eigenvalue weighted by Crippen LogP contribution is 2.29. The molecule has 2 aromatic rings. The lowest BCUT2D eigenvalue weighted by Crippen LogP contribution is -2.50. The Hall–Kier alpha value is -2.43. The number of ether oxygens (including phenoxy) is 1. The molecule has 1 amide bonds. The minimum atomic E-state index is -0.109. The van der Waals surface area contributed by atoms with Gasteiger partial charge in [0.05, 0.1) is 12.8 Å². The van der Waals surface area contributed by atoms with Gasteiger partial charge in [-0.05, 0) is 36.6 Å². The van der Waals surface area contributed by atoms with Crippen molar-refractivity contribution in [3.05, 3.63) is 48.8 Å². The lowest BCUT2D eigenvalue weighted by Gasteiger charge is -2.38. The maximum atomic E-state index is 13.2.